The fourth-order valence-corrected chi connectivity index (χ4v) is 0.773. The SMILES string of the molecule is CC1=NC(N)N=CC1(C)Cl. The predicted octanol–water partition coefficient (Wildman–Crippen LogP) is 0.771. The van der Waals surface area contributed by atoms with Gasteiger partial charge in [-0.2, -0.15) is 0 Å². The molecule has 0 aromatic carbocycles. The molecule has 0 saturated carbocycles. The Morgan fingerprint density at radius 1 is 1.80 bits per heavy atom. The fraction of sp³-hybridized carbons (Fsp3) is 0.667. The predicted molar refractivity (Wildman–Crippen MR) is 43.8 cm³/mol. The second-order valence-electron chi connectivity index (χ2n) is 2.48. The molecule has 56 valence electrons. The van der Waals surface area contributed by atoms with Crippen molar-refractivity contribution in [2.75, 3.05) is 0 Å². The highest BCUT2D eigenvalue weighted by Crippen LogP contribution is 2.17. The lowest BCUT2D eigenvalue weighted by atomic mass is 10.1. The first kappa shape index (κ1) is 7.69. The molecule has 0 aromatic heterocycles. The van der Waals surface area contributed by atoms with Crippen LogP contribution in [0, 0.1) is 0 Å². The van der Waals surface area contributed by atoms with E-state index in [1.54, 1.807) is 6.21 Å². The molecule has 10 heavy (non-hydrogen) atoms. The fourth-order valence-electron chi connectivity index (χ4n) is 0.668. The van der Waals surface area contributed by atoms with E-state index in [1.165, 1.54) is 0 Å². The van der Waals surface area contributed by atoms with Gasteiger partial charge in [0.15, 0.2) is 6.29 Å². The first-order valence-electron chi connectivity index (χ1n) is 3.06. The molecule has 1 rings (SSSR count). The standard InChI is InChI=1S/C6H10ClN3/c1-4-6(2,7)3-9-5(8)10-4/h3,5H,8H2,1-2H3. The summed E-state index contributed by atoms with van der Waals surface area (Å²) in [6.45, 7) is 3.68. The van der Waals surface area contributed by atoms with Gasteiger partial charge in [-0.15, -0.1) is 11.6 Å². The van der Waals surface area contributed by atoms with Crippen molar-refractivity contribution in [1.29, 1.82) is 0 Å². The molecule has 0 radical (unpaired) electrons. The Morgan fingerprint density at radius 2 is 2.40 bits per heavy atom. The molecule has 1 aliphatic heterocycles. The number of hydrogen-bond donors (Lipinski definition) is 1. The zero-order valence-corrected chi connectivity index (χ0v) is 6.76. The number of halogens is 1. The van der Waals surface area contributed by atoms with Crippen LogP contribution in [0.15, 0.2) is 9.98 Å². The van der Waals surface area contributed by atoms with E-state index in [0.29, 0.717) is 0 Å². The number of nitrogens with two attached hydrogens (primary N) is 1. The summed E-state index contributed by atoms with van der Waals surface area (Å²) in [4.78, 5) is 7.33. The van der Waals surface area contributed by atoms with Gasteiger partial charge in [0.2, 0.25) is 0 Å². The molecule has 1 heterocycles. The Labute approximate surface area is 65.0 Å². The van der Waals surface area contributed by atoms with Gasteiger partial charge < -0.3 is 0 Å². The third kappa shape index (κ3) is 1.36. The third-order valence-corrected chi connectivity index (χ3v) is 1.87. The van der Waals surface area contributed by atoms with E-state index < -0.39 is 11.2 Å². The molecule has 3 nitrogen and oxygen atoms in total. The maximum atomic E-state index is 5.95. The average Bonchev–Trinajstić information content (AvgIpc) is 1.81. The molecule has 0 bridgehead atoms. The first-order valence-corrected chi connectivity index (χ1v) is 3.44. The molecule has 0 amide bonds. The average molecular weight is 160 g/mol. The van der Waals surface area contributed by atoms with Crippen LogP contribution < -0.4 is 5.73 Å². The van der Waals surface area contributed by atoms with Crippen LogP contribution in [0.2, 0.25) is 0 Å². The van der Waals surface area contributed by atoms with Gasteiger partial charge in [0.1, 0.15) is 4.87 Å². The van der Waals surface area contributed by atoms with Crippen LogP contribution in [-0.2, 0) is 0 Å². The maximum Gasteiger partial charge on any atom is 0.190 e. The quantitative estimate of drug-likeness (QED) is 0.522. The largest absolute Gasteiger partial charge is 0.291 e. The zero-order chi connectivity index (χ0) is 7.78. The number of alkyl halides is 1. The lowest BCUT2D eigenvalue weighted by Gasteiger charge is -2.21. The van der Waals surface area contributed by atoms with Gasteiger partial charge in [-0.05, 0) is 13.8 Å². The monoisotopic (exact) mass is 159 g/mol. The van der Waals surface area contributed by atoms with Crippen LogP contribution in [0.3, 0.4) is 0 Å². The van der Waals surface area contributed by atoms with Crippen molar-refractivity contribution in [2.45, 2.75) is 25.0 Å². The first-order chi connectivity index (χ1) is 4.52. The van der Waals surface area contributed by atoms with E-state index in [4.69, 9.17) is 17.3 Å². The Morgan fingerprint density at radius 3 is 2.80 bits per heavy atom. The molecule has 0 saturated heterocycles. The van der Waals surface area contributed by atoms with Crippen molar-refractivity contribution in [1.82, 2.24) is 0 Å². The minimum absolute atomic E-state index is 0.452. The van der Waals surface area contributed by atoms with E-state index in [0.717, 1.165) is 5.71 Å². The van der Waals surface area contributed by atoms with Gasteiger partial charge >= 0.3 is 0 Å². The lowest BCUT2D eigenvalue weighted by Crippen LogP contribution is -2.35. The zero-order valence-electron chi connectivity index (χ0n) is 6.00. The topological polar surface area (TPSA) is 50.7 Å². The van der Waals surface area contributed by atoms with Crippen LogP contribution in [0.1, 0.15) is 13.8 Å². The van der Waals surface area contributed by atoms with Crippen LogP contribution >= 0.6 is 11.6 Å². The maximum absolute atomic E-state index is 5.95. The van der Waals surface area contributed by atoms with E-state index in [9.17, 15) is 0 Å². The van der Waals surface area contributed by atoms with Crippen molar-refractivity contribution in [3.63, 3.8) is 0 Å². The van der Waals surface area contributed by atoms with Crippen LogP contribution in [-0.4, -0.2) is 23.1 Å². The molecule has 2 atom stereocenters. The second kappa shape index (κ2) is 2.32. The van der Waals surface area contributed by atoms with Crippen molar-refractivity contribution in [3.05, 3.63) is 0 Å². The molecular weight excluding hydrogens is 150 g/mol. The Kier molecular flexibility index (Phi) is 1.79. The molecule has 0 aliphatic carbocycles. The van der Waals surface area contributed by atoms with Crippen molar-refractivity contribution in [3.8, 4) is 0 Å². The Hall–Kier alpha value is -0.410. The Balaban J connectivity index is 2.87. The van der Waals surface area contributed by atoms with Crippen molar-refractivity contribution < 1.29 is 0 Å². The smallest absolute Gasteiger partial charge is 0.190 e. The number of rotatable bonds is 0. The number of nitrogens with zero attached hydrogens (tertiary/aromatic N) is 2. The van der Waals surface area contributed by atoms with Gasteiger partial charge in [0.25, 0.3) is 0 Å². The molecule has 2 unspecified atom stereocenters. The molecule has 0 spiro atoms. The van der Waals surface area contributed by atoms with E-state index in [1.807, 2.05) is 13.8 Å². The summed E-state index contributed by atoms with van der Waals surface area (Å²) in [6, 6.07) is 0. The second-order valence-corrected chi connectivity index (χ2v) is 3.27. The molecule has 2 N–H and O–H groups in total. The summed E-state index contributed by atoms with van der Waals surface area (Å²) >= 11 is 5.95. The third-order valence-electron chi connectivity index (χ3n) is 1.50. The number of aliphatic imine (C=N–C) groups is 2. The van der Waals surface area contributed by atoms with Crippen LogP contribution in [0.5, 0.6) is 0 Å². The summed E-state index contributed by atoms with van der Waals surface area (Å²) in [6.07, 6.45) is 1.17. The van der Waals surface area contributed by atoms with E-state index in [2.05, 4.69) is 9.98 Å². The molecule has 0 fully saturated rings. The highest BCUT2D eigenvalue weighted by atomic mass is 35.5. The summed E-state index contributed by atoms with van der Waals surface area (Å²) < 4.78 is 0. The summed E-state index contributed by atoms with van der Waals surface area (Å²) in [5.41, 5.74) is 6.22. The van der Waals surface area contributed by atoms with Gasteiger partial charge in [-0.25, -0.2) is 0 Å². The van der Waals surface area contributed by atoms with Gasteiger partial charge in [0.05, 0.1) is 0 Å². The molecule has 1 aliphatic rings. The minimum atomic E-state index is -0.532. The molecular formula is C6H10ClN3. The van der Waals surface area contributed by atoms with Crippen molar-refractivity contribution in [2.24, 2.45) is 15.7 Å². The molecule has 0 aromatic rings. The Bertz CT molecular complexity index is 195. The minimum Gasteiger partial charge on any atom is -0.291 e. The van der Waals surface area contributed by atoms with E-state index in [-0.39, 0.29) is 0 Å². The number of hydrogen-bond acceptors (Lipinski definition) is 3. The van der Waals surface area contributed by atoms with E-state index >= 15 is 0 Å². The molecule has 4 heteroatoms. The van der Waals surface area contributed by atoms with Gasteiger partial charge in [0, 0.05) is 11.9 Å². The highest BCUT2D eigenvalue weighted by Gasteiger charge is 2.25. The van der Waals surface area contributed by atoms with Gasteiger partial charge in [-0.1, -0.05) is 0 Å². The lowest BCUT2D eigenvalue weighted by molar-refractivity contribution is 0.732. The van der Waals surface area contributed by atoms with Gasteiger partial charge in [-0.3, -0.25) is 15.7 Å². The van der Waals surface area contributed by atoms with Crippen LogP contribution in [0.25, 0.3) is 0 Å². The highest BCUT2D eigenvalue weighted by molar-refractivity contribution is 6.44. The van der Waals surface area contributed by atoms with Crippen LogP contribution in [0.4, 0.5) is 0 Å². The normalized spacial score (nSPS) is 39.6. The summed E-state index contributed by atoms with van der Waals surface area (Å²) in [5.74, 6) is 0. The summed E-state index contributed by atoms with van der Waals surface area (Å²) in [7, 11) is 0. The van der Waals surface area contributed by atoms with Crippen molar-refractivity contribution >= 4 is 23.5 Å². The summed E-state index contributed by atoms with van der Waals surface area (Å²) in [5, 5.41) is 0.